The molecule has 20 heavy (non-hydrogen) atoms. The number of carbonyl (C=O) groups is 3. The molecule has 5 nitrogen and oxygen atoms in total. The number of aliphatic carboxylic acids is 1. The molecule has 2 saturated carbocycles. The van der Waals surface area contributed by atoms with Crippen molar-refractivity contribution in [3.8, 4) is 0 Å². The lowest BCUT2D eigenvalue weighted by molar-refractivity contribution is -0.165. The standard InChI is InChI=1S/C15H21NO4/c17-12(18)9-15(6-2-1-3-7-15)16-13(19)10-4-5-11(8-10)14(16)20/h10-11H,1-9H2,(H,17,18). The Morgan fingerprint density at radius 1 is 1.10 bits per heavy atom. The van der Waals surface area contributed by atoms with Crippen molar-refractivity contribution in [2.45, 2.75) is 63.3 Å². The third-order valence-corrected chi connectivity index (χ3v) is 5.31. The zero-order chi connectivity index (χ0) is 14.3. The maximum absolute atomic E-state index is 12.6. The second-order valence-corrected chi connectivity index (χ2v) is 6.57. The number of hydrogen-bond acceptors (Lipinski definition) is 3. The number of amides is 2. The summed E-state index contributed by atoms with van der Waals surface area (Å²) in [5.41, 5.74) is -0.750. The van der Waals surface area contributed by atoms with Gasteiger partial charge in [0.05, 0.1) is 12.0 Å². The lowest BCUT2D eigenvalue weighted by Gasteiger charge is -2.47. The number of carboxylic acids is 1. The van der Waals surface area contributed by atoms with Gasteiger partial charge in [-0.2, -0.15) is 0 Å². The SMILES string of the molecule is O=C(O)CC1(N2C(=O)C3CCC(C3)C2=O)CCCCC1. The van der Waals surface area contributed by atoms with Crippen LogP contribution < -0.4 is 0 Å². The van der Waals surface area contributed by atoms with E-state index in [1.54, 1.807) is 0 Å². The first-order valence-electron chi connectivity index (χ1n) is 7.63. The molecule has 2 aliphatic carbocycles. The number of fused-ring (bicyclic) bond motifs is 2. The summed E-state index contributed by atoms with van der Waals surface area (Å²) >= 11 is 0. The van der Waals surface area contributed by atoms with Crippen molar-refractivity contribution in [1.29, 1.82) is 0 Å². The van der Waals surface area contributed by atoms with Crippen molar-refractivity contribution in [1.82, 2.24) is 4.90 Å². The second kappa shape index (κ2) is 4.86. The third kappa shape index (κ3) is 2.03. The zero-order valence-electron chi connectivity index (χ0n) is 11.6. The van der Waals surface area contributed by atoms with Gasteiger partial charge < -0.3 is 5.11 Å². The van der Waals surface area contributed by atoms with E-state index in [0.717, 1.165) is 32.1 Å². The van der Waals surface area contributed by atoms with E-state index >= 15 is 0 Å². The van der Waals surface area contributed by atoms with Crippen molar-refractivity contribution in [2.75, 3.05) is 0 Å². The molecule has 2 amide bonds. The fourth-order valence-corrected chi connectivity index (χ4v) is 4.34. The van der Waals surface area contributed by atoms with E-state index in [1.165, 1.54) is 4.90 Å². The number of likely N-dealkylation sites (tertiary alicyclic amines) is 1. The van der Waals surface area contributed by atoms with Crippen LogP contribution in [0.5, 0.6) is 0 Å². The molecule has 1 aliphatic heterocycles. The zero-order valence-corrected chi connectivity index (χ0v) is 11.6. The van der Waals surface area contributed by atoms with E-state index in [-0.39, 0.29) is 30.1 Å². The summed E-state index contributed by atoms with van der Waals surface area (Å²) in [5.74, 6) is -1.22. The molecule has 2 bridgehead atoms. The van der Waals surface area contributed by atoms with Crippen LogP contribution in [0.2, 0.25) is 0 Å². The maximum atomic E-state index is 12.6. The Balaban J connectivity index is 1.95. The molecule has 0 aromatic rings. The van der Waals surface area contributed by atoms with Crippen molar-refractivity contribution in [3.05, 3.63) is 0 Å². The highest BCUT2D eigenvalue weighted by Gasteiger charge is 2.53. The van der Waals surface area contributed by atoms with Gasteiger partial charge in [-0.15, -0.1) is 0 Å². The van der Waals surface area contributed by atoms with Crippen LogP contribution in [-0.2, 0) is 14.4 Å². The van der Waals surface area contributed by atoms with Gasteiger partial charge in [-0.05, 0) is 32.1 Å². The van der Waals surface area contributed by atoms with E-state index in [0.29, 0.717) is 19.3 Å². The fraction of sp³-hybridized carbons (Fsp3) is 0.800. The van der Waals surface area contributed by atoms with Crippen LogP contribution in [0.1, 0.15) is 57.8 Å². The predicted molar refractivity (Wildman–Crippen MR) is 70.8 cm³/mol. The average Bonchev–Trinajstić information content (AvgIpc) is 2.83. The van der Waals surface area contributed by atoms with Crippen LogP contribution in [0.4, 0.5) is 0 Å². The van der Waals surface area contributed by atoms with Crippen LogP contribution in [0, 0.1) is 11.8 Å². The van der Waals surface area contributed by atoms with Gasteiger partial charge in [0.15, 0.2) is 0 Å². The number of carbonyl (C=O) groups excluding carboxylic acids is 2. The second-order valence-electron chi connectivity index (χ2n) is 6.57. The van der Waals surface area contributed by atoms with Crippen molar-refractivity contribution in [3.63, 3.8) is 0 Å². The topological polar surface area (TPSA) is 74.7 Å². The van der Waals surface area contributed by atoms with Gasteiger partial charge in [0, 0.05) is 11.8 Å². The molecule has 2 atom stereocenters. The molecule has 0 radical (unpaired) electrons. The summed E-state index contributed by atoms with van der Waals surface area (Å²) in [5, 5.41) is 9.23. The molecule has 5 heteroatoms. The molecule has 1 saturated heterocycles. The van der Waals surface area contributed by atoms with E-state index in [9.17, 15) is 19.5 Å². The van der Waals surface area contributed by atoms with Crippen LogP contribution in [-0.4, -0.2) is 33.3 Å². The van der Waals surface area contributed by atoms with Gasteiger partial charge >= 0.3 is 5.97 Å². The smallest absolute Gasteiger partial charge is 0.305 e. The highest BCUT2D eigenvalue weighted by atomic mass is 16.4. The molecule has 0 spiro atoms. The Labute approximate surface area is 118 Å². The summed E-state index contributed by atoms with van der Waals surface area (Å²) in [6.45, 7) is 0. The molecule has 0 aromatic heterocycles. The monoisotopic (exact) mass is 279 g/mol. The van der Waals surface area contributed by atoms with Gasteiger partial charge in [-0.25, -0.2) is 0 Å². The first-order valence-corrected chi connectivity index (χ1v) is 7.63. The minimum absolute atomic E-state index is 0.0507. The molecule has 3 rings (SSSR count). The number of hydrogen-bond donors (Lipinski definition) is 1. The lowest BCUT2D eigenvalue weighted by Crippen LogP contribution is -2.60. The number of carboxylic acid groups (broad SMARTS) is 1. The largest absolute Gasteiger partial charge is 0.481 e. The summed E-state index contributed by atoms with van der Waals surface area (Å²) in [7, 11) is 0. The number of imide groups is 1. The summed E-state index contributed by atoms with van der Waals surface area (Å²) < 4.78 is 0. The minimum atomic E-state index is -0.912. The van der Waals surface area contributed by atoms with E-state index < -0.39 is 11.5 Å². The Morgan fingerprint density at radius 2 is 1.65 bits per heavy atom. The number of nitrogens with zero attached hydrogens (tertiary/aromatic N) is 1. The molecule has 3 fully saturated rings. The summed E-state index contributed by atoms with van der Waals surface area (Å²) in [4.78, 5) is 37.8. The van der Waals surface area contributed by atoms with Crippen molar-refractivity contribution >= 4 is 17.8 Å². The molecule has 3 aliphatic rings. The summed E-state index contributed by atoms with van der Waals surface area (Å²) in [6.07, 6.45) is 6.32. The molecule has 1 N–H and O–H groups in total. The Hall–Kier alpha value is -1.39. The summed E-state index contributed by atoms with van der Waals surface area (Å²) in [6, 6.07) is 0. The van der Waals surface area contributed by atoms with Crippen molar-refractivity contribution in [2.24, 2.45) is 11.8 Å². The minimum Gasteiger partial charge on any atom is -0.481 e. The quantitative estimate of drug-likeness (QED) is 0.801. The van der Waals surface area contributed by atoms with Gasteiger partial charge in [0.25, 0.3) is 0 Å². The first kappa shape index (κ1) is 13.6. The van der Waals surface area contributed by atoms with Crippen LogP contribution in [0.3, 0.4) is 0 Å². The first-order chi connectivity index (χ1) is 9.53. The van der Waals surface area contributed by atoms with E-state index in [2.05, 4.69) is 0 Å². The molecule has 0 aromatic carbocycles. The Morgan fingerprint density at radius 3 is 2.15 bits per heavy atom. The van der Waals surface area contributed by atoms with E-state index in [4.69, 9.17) is 0 Å². The van der Waals surface area contributed by atoms with E-state index in [1.807, 2.05) is 0 Å². The highest BCUT2D eigenvalue weighted by Crippen LogP contribution is 2.45. The van der Waals surface area contributed by atoms with Gasteiger partial charge in [0.1, 0.15) is 0 Å². The number of piperidine rings is 1. The van der Waals surface area contributed by atoms with Crippen LogP contribution in [0.15, 0.2) is 0 Å². The molecular formula is C15H21NO4. The average molecular weight is 279 g/mol. The van der Waals surface area contributed by atoms with Crippen LogP contribution >= 0.6 is 0 Å². The lowest BCUT2D eigenvalue weighted by atomic mass is 9.76. The normalized spacial score (nSPS) is 32.5. The Kier molecular flexibility index (Phi) is 3.30. The predicted octanol–water partition coefficient (Wildman–Crippen LogP) is 1.95. The highest BCUT2D eigenvalue weighted by molar-refractivity contribution is 6.02. The molecular weight excluding hydrogens is 258 g/mol. The molecule has 110 valence electrons. The maximum Gasteiger partial charge on any atom is 0.305 e. The fourth-order valence-electron chi connectivity index (χ4n) is 4.34. The van der Waals surface area contributed by atoms with Gasteiger partial charge in [-0.1, -0.05) is 19.3 Å². The third-order valence-electron chi connectivity index (χ3n) is 5.31. The van der Waals surface area contributed by atoms with Crippen molar-refractivity contribution < 1.29 is 19.5 Å². The molecule has 1 heterocycles. The van der Waals surface area contributed by atoms with Crippen LogP contribution in [0.25, 0.3) is 0 Å². The number of rotatable bonds is 3. The molecule has 2 unspecified atom stereocenters. The van der Waals surface area contributed by atoms with Gasteiger partial charge in [0.2, 0.25) is 11.8 Å². The van der Waals surface area contributed by atoms with Gasteiger partial charge in [-0.3, -0.25) is 19.3 Å². The Bertz CT molecular complexity index is 431.